The molecule has 2 fully saturated rings. The standard InChI is InChI=1S/C12H17N3OS2/c1-7-11(18-14-13-7)12(16)15-8-3-4-9(15)6-10(5-8)17-2/h8-10H,3-6H2,1-2H3. The molecule has 3 heterocycles. The normalized spacial score (nSPS) is 30.8. The lowest BCUT2D eigenvalue weighted by Gasteiger charge is -2.38. The first-order chi connectivity index (χ1) is 8.70. The highest BCUT2D eigenvalue weighted by molar-refractivity contribution is 7.99. The predicted octanol–water partition coefficient (Wildman–Crippen LogP) is 2.35. The quantitative estimate of drug-likeness (QED) is 0.836. The van der Waals surface area contributed by atoms with Crippen molar-refractivity contribution in [2.24, 2.45) is 0 Å². The van der Waals surface area contributed by atoms with Gasteiger partial charge in [0, 0.05) is 17.3 Å². The maximum absolute atomic E-state index is 12.6. The topological polar surface area (TPSA) is 46.1 Å². The third-order valence-electron chi connectivity index (χ3n) is 4.10. The van der Waals surface area contributed by atoms with E-state index in [9.17, 15) is 4.79 Å². The zero-order chi connectivity index (χ0) is 12.7. The van der Waals surface area contributed by atoms with Crippen LogP contribution in [0.5, 0.6) is 0 Å². The Morgan fingerprint density at radius 2 is 2.06 bits per heavy atom. The number of thioether (sulfide) groups is 1. The van der Waals surface area contributed by atoms with Crippen LogP contribution in [0.2, 0.25) is 0 Å². The van der Waals surface area contributed by atoms with Gasteiger partial charge in [-0.05, 0) is 50.4 Å². The molecule has 1 aromatic rings. The summed E-state index contributed by atoms with van der Waals surface area (Å²) in [5.74, 6) is 0.162. The molecule has 1 amide bonds. The van der Waals surface area contributed by atoms with Crippen LogP contribution in [0.3, 0.4) is 0 Å². The summed E-state index contributed by atoms with van der Waals surface area (Å²) in [4.78, 5) is 15.4. The van der Waals surface area contributed by atoms with Gasteiger partial charge in [0.15, 0.2) is 0 Å². The number of aryl methyl sites for hydroxylation is 1. The number of piperidine rings is 1. The molecule has 1 aromatic heterocycles. The first kappa shape index (κ1) is 12.4. The van der Waals surface area contributed by atoms with Crippen LogP contribution in [0.15, 0.2) is 0 Å². The molecule has 2 saturated heterocycles. The second kappa shape index (κ2) is 4.81. The highest BCUT2D eigenvalue weighted by Crippen LogP contribution is 2.40. The fourth-order valence-electron chi connectivity index (χ4n) is 3.20. The van der Waals surface area contributed by atoms with E-state index in [1.54, 1.807) is 0 Å². The van der Waals surface area contributed by atoms with E-state index < -0.39 is 0 Å². The summed E-state index contributed by atoms with van der Waals surface area (Å²) in [5.41, 5.74) is 0.774. The average Bonchev–Trinajstić information content (AvgIpc) is 2.90. The summed E-state index contributed by atoms with van der Waals surface area (Å²) in [7, 11) is 0. The maximum atomic E-state index is 12.6. The number of nitrogens with zero attached hydrogens (tertiary/aromatic N) is 3. The molecule has 0 saturated carbocycles. The SMILES string of the molecule is CSC1CC2CCC(C1)N2C(=O)c1snnc1C. The van der Waals surface area contributed by atoms with Crippen LogP contribution in [0, 0.1) is 6.92 Å². The van der Waals surface area contributed by atoms with Crippen LogP contribution in [0.25, 0.3) is 0 Å². The minimum absolute atomic E-state index is 0.162. The summed E-state index contributed by atoms with van der Waals surface area (Å²) >= 11 is 3.18. The molecular formula is C12H17N3OS2. The van der Waals surface area contributed by atoms with E-state index in [4.69, 9.17) is 0 Å². The van der Waals surface area contributed by atoms with Crippen molar-refractivity contribution in [3.05, 3.63) is 10.6 Å². The molecule has 18 heavy (non-hydrogen) atoms. The molecule has 4 nitrogen and oxygen atoms in total. The van der Waals surface area contributed by atoms with E-state index in [0.29, 0.717) is 12.1 Å². The van der Waals surface area contributed by atoms with Gasteiger partial charge in [-0.15, -0.1) is 5.10 Å². The zero-order valence-electron chi connectivity index (χ0n) is 10.6. The van der Waals surface area contributed by atoms with Gasteiger partial charge in [0.1, 0.15) is 4.88 Å². The van der Waals surface area contributed by atoms with Gasteiger partial charge in [-0.3, -0.25) is 4.79 Å². The Labute approximate surface area is 115 Å². The highest BCUT2D eigenvalue weighted by atomic mass is 32.2. The Morgan fingerprint density at radius 3 is 2.56 bits per heavy atom. The molecule has 98 valence electrons. The third-order valence-corrected chi connectivity index (χ3v) is 5.97. The van der Waals surface area contributed by atoms with E-state index in [1.165, 1.54) is 24.4 Å². The molecule has 2 aliphatic rings. The van der Waals surface area contributed by atoms with Crippen molar-refractivity contribution in [3.8, 4) is 0 Å². The number of amides is 1. The first-order valence-corrected chi connectivity index (χ1v) is 8.41. The van der Waals surface area contributed by atoms with E-state index in [1.807, 2.05) is 18.7 Å². The lowest BCUT2D eigenvalue weighted by atomic mass is 10.0. The molecule has 0 aliphatic carbocycles. The fourth-order valence-corrected chi connectivity index (χ4v) is 4.63. The number of rotatable bonds is 2. The van der Waals surface area contributed by atoms with E-state index in [2.05, 4.69) is 20.7 Å². The van der Waals surface area contributed by atoms with E-state index in [0.717, 1.165) is 28.7 Å². The average molecular weight is 283 g/mol. The van der Waals surface area contributed by atoms with Gasteiger partial charge in [0.05, 0.1) is 5.69 Å². The van der Waals surface area contributed by atoms with Crippen LogP contribution in [0.4, 0.5) is 0 Å². The van der Waals surface area contributed by atoms with Crippen LogP contribution in [-0.2, 0) is 0 Å². The lowest BCUT2D eigenvalue weighted by molar-refractivity contribution is 0.0606. The van der Waals surface area contributed by atoms with Gasteiger partial charge in [0.2, 0.25) is 0 Å². The minimum atomic E-state index is 0.162. The molecule has 0 aromatic carbocycles. The van der Waals surface area contributed by atoms with Crippen LogP contribution in [-0.4, -0.2) is 44.0 Å². The highest BCUT2D eigenvalue weighted by Gasteiger charge is 2.43. The third kappa shape index (κ3) is 1.95. The van der Waals surface area contributed by atoms with Gasteiger partial charge in [-0.25, -0.2) is 0 Å². The largest absolute Gasteiger partial charge is 0.332 e. The van der Waals surface area contributed by atoms with E-state index >= 15 is 0 Å². The monoisotopic (exact) mass is 283 g/mol. The zero-order valence-corrected chi connectivity index (χ0v) is 12.3. The van der Waals surface area contributed by atoms with Gasteiger partial charge in [-0.2, -0.15) is 11.8 Å². The summed E-state index contributed by atoms with van der Waals surface area (Å²) in [5, 5.41) is 4.68. The Morgan fingerprint density at radius 1 is 1.39 bits per heavy atom. The van der Waals surface area contributed by atoms with Gasteiger partial charge in [0.25, 0.3) is 5.91 Å². The van der Waals surface area contributed by atoms with Crippen molar-refractivity contribution in [1.82, 2.24) is 14.5 Å². The molecular weight excluding hydrogens is 266 g/mol. The van der Waals surface area contributed by atoms with Crippen molar-refractivity contribution in [3.63, 3.8) is 0 Å². The minimum Gasteiger partial charge on any atom is -0.332 e. The molecule has 6 heteroatoms. The van der Waals surface area contributed by atoms with Gasteiger partial charge < -0.3 is 4.90 Å². The summed E-state index contributed by atoms with van der Waals surface area (Å²) in [6.07, 6.45) is 6.81. The number of hydrogen-bond donors (Lipinski definition) is 0. The molecule has 0 radical (unpaired) electrons. The molecule has 2 aliphatic heterocycles. The van der Waals surface area contributed by atoms with Crippen LogP contribution in [0.1, 0.15) is 41.0 Å². The Bertz CT molecular complexity index is 448. The molecule has 0 N–H and O–H groups in total. The molecule has 3 rings (SSSR count). The van der Waals surface area contributed by atoms with E-state index in [-0.39, 0.29) is 5.91 Å². The van der Waals surface area contributed by atoms with Crippen LogP contribution < -0.4 is 0 Å². The van der Waals surface area contributed by atoms with Crippen molar-refractivity contribution in [2.75, 3.05) is 6.26 Å². The summed E-state index contributed by atoms with van der Waals surface area (Å²) < 4.78 is 3.88. The fraction of sp³-hybridized carbons (Fsp3) is 0.750. The summed E-state index contributed by atoms with van der Waals surface area (Å²) in [6.45, 7) is 1.87. The second-order valence-corrected chi connectivity index (χ2v) is 7.01. The number of fused-ring (bicyclic) bond motifs is 2. The molecule has 2 bridgehead atoms. The van der Waals surface area contributed by atoms with Crippen molar-refractivity contribution in [2.45, 2.75) is 49.9 Å². The summed E-state index contributed by atoms with van der Waals surface area (Å²) in [6, 6.07) is 0.880. The van der Waals surface area contributed by atoms with Crippen molar-refractivity contribution < 1.29 is 4.79 Å². The second-order valence-electron chi connectivity index (χ2n) is 5.11. The lowest BCUT2D eigenvalue weighted by Crippen LogP contribution is -2.47. The van der Waals surface area contributed by atoms with Gasteiger partial charge in [-0.1, -0.05) is 4.49 Å². The first-order valence-electron chi connectivity index (χ1n) is 6.35. The molecule has 2 unspecified atom stereocenters. The number of carbonyl (C=O) groups is 1. The van der Waals surface area contributed by atoms with Crippen molar-refractivity contribution in [1.29, 1.82) is 0 Å². The number of hydrogen-bond acceptors (Lipinski definition) is 5. The Balaban J connectivity index is 1.82. The number of aromatic nitrogens is 2. The predicted molar refractivity (Wildman–Crippen MR) is 74.2 cm³/mol. The van der Waals surface area contributed by atoms with Crippen LogP contribution >= 0.6 is 23.3 Å². The molecule has 0 spiro atoms. The van der Waals surface area contributed by atoms with Gasteiger partial charge >= 0.3 is 0 Å². The Hall–Kier alpha value is -0.620. The Kier molecular flexibility index (Phi) is 3.32. The molecule has 2 atom stereocenters. The van der Waals surface area contributed by atoms with Crippen molar-refractivity contribution >= 4 is 29.2 Å². The smallest absolute Gasteiger partial charge is 0.268 e. The maximum Gasteiger partial charge on any atom is 0.268 e. The number of carbonyl (C=O) groups excluding carboxylic acids is 1.